The second kappa shape index (κ2) is 5.48. The number of ether oxygens (including phenoxy) is 1. The number of rotatable bonds is 4. The normalized spacial score (nSPS) is 14.9. The lowest BCUT2D eigenvalue weighted by Gasteiger charge is -2.15. The van der Waals surface area contributed by atoms with Crippen molar-refractivity contribution in [2.75, 3.05) is 11.9 Å². The molecule has 0 spiro atoms. The Bertz CT molecular complexity index is 421. The van der Waals surface area contributed by atoms with Gasteiger partial charge in [0.2, 0.25) is 0 Å². The summed E-state index contributed by atoms with van der Waals surface area (Å²) in [6, 6.07) is 3.80. The van der Waals surface area contributed by atoms with Crippen molar-refractivity contribution in [2.45, 2.75) is 25.8 Å². The van der Waals surface area contributed by atoms with E-state index in [0.717, 1.165) is 12.8 Å². The Hall–Kier alpha value is -1.84. The first-order valence-corrected chi connectivity index (χ1v) is 5.85. The molecule has 0 unspecified atom stereocenters. The van der Waals surface area contributed by atoms with Crippen LogP contribution in [-0.2, 0) is 4.74 Å². The number of hydrogen-bond acceptors (Lipinski definition) is 4. The highest BCUT2D eigenvalue weighted by Crippen LogP contribution is 2.19. The molecule has 0 amide bonds. The van der Waals surface area contributed by atoms with Crippen LogP contribution in [0.25, 0.3) is 0 Å². The lowest BCUT2D eigenvalue weighted by Crippen LogP contribution is -2.19. The molecule has 2 rings (SSSR count). The number of anilines is 1. The molecule has 0 radical (unpaired) electrons. The van der Waals surface area contributed by atoms with E-state index >= 15 is 0 Å². The first-order chi connectivity index (χ1) is 8.31. The second-order valence-electron chi connectivity index (χ2n) is 3.90. The number of carbonyl (C=O) groups is 1. The molecule has 0 aliphatic heterocycles. The third kappa shape index (κ3) is 2.84. The molecule has 1 aliphatic carbocycles. The van der Waals surface area contributed by atoms with E-state index < -0.39 is 0 Å². The number of aromatic nitrogens is 1. The molecule has 0 saturated heterocycles. The van der Waals surface area contributed by atoms with E-state index in [4.69, 9.17) is 4.74 Å². The zero-order valence-corrected chi connectivity index (χ0v) is 9.85. The molecule has 17 heavy (non-hydrogen) atoms. The average Bonchev–Trinajstić information content (AvgIpc) is 2.83. The highest BCUT2D eigenvalue weighted by molar-refractivity contribution is 5.94. The van der Waals surface area contributed by atoms with E-state index in [1.807, 2.05) is 0 Å². The van der Waals surface area contributed by atoms with Crippen LogP contribution in [0.4, 0.5) is 5.82 Å². The van der Waals surface area contributed by atoms with Gasteiger partial charge >= 0.3 is 5.97 Å². The van der Waals surface area contributed by atoms with Gasteiger partial charge in [-0.3, -0.25) is 0 Å². The van der Waals surface area contributed by atoms with Crippen LogP contribution in [0.3, 0.4) is 0 Å². The molecule has 90 valence electrons. The van der Waals surface area contributed by atoms with Crippen LogP contribution < -0.4 is 5.32 Å². The second-order valence-corrected chi connectivity index (χ2v) is 3.90. The summed E-state index contributed by atoms with van der Waals surface area (Å²) >= 11 is 0. The number of carbonyl (C=O) groups excluding carboxylic acids is 1. The predicted molar refractivity (Wildman–Crippen MR) is 66.0 cm³/mol. The fourth-order valence-electron chi connectivity index (χ4n) is 1.82. The summed E-state index contributed by atoms with van der Waals surface area (Å²) in [5.74, 6) is 0.286. The van der Waals surface area contributed by atoms with Crippen LogP contribution in [-0.4, -0.2) is 23.6 Å². The van der Waals surface area contributed by atoms with E-state index in [1.165, 1.54) is 0 Å². The third-order valence-corrected chi connectivity index (χ3v) is 2.65. The van der Waals surface area contributed by atoms with E-state index in [2.05, 4.69) is 22.5 Å². The lowest BCUT2D eigenvalue weighted by molar-refractivity contribution is 0.0527. The van der Waals surface area contributed by atoms with Gasteiger partial charge in [0.25, 0.3) is 0 Å². The monoisotopic (exact) mass is 232 g/mol. The molecule has 1 aliphatic rings. The van der Waals surface area contributed by atoms with Gasteiger partial charge in [-0.05, 0) is 31.9 Å². The molecule has 1 heterocycles. The Morgan fingerprint density at radius 1 is 1.53 bits per heavy atom. The van der Waals surface area contributed by atoms with Crippen molar-refractivity contribution in [1.82, 2.24) is 4.98 Å². The quantitative estimate of drug-likeness (QED) is 0.639. The Morgan fingerprint density at radius 2 is 2.29 bits per heavy atom. The lowest BCUT2D eigenvalue weighted by atomic mass is 10.2. The molecule has 0 bridgehead atoms. The van der Waals surface area contributed by atoms with E-state index in [9.17, 15) is 4.79 Å². The summed E-state index contributed by atoms with van der Waals surface area (Å²) in [7, 11) is 0. The molecule has 1 aromatic heterocycles. The van der Waals surface area contributed by atoms with Crippen molar-refractivity contribution in [3.05, 3.63) is 36.0 Å². The van der Waals surface area contributed by atoms with Gasteiger partial charge < -0.3 is 10.1 Å². The Labute approximate surface area is 101 Å². The average molecular weight is 232 g/mol. The van der Waals surface area contributed by atoms with Crippen molar-refractivity contribution < 1.29 is 9.53 Å². The van der Waals surface area contributed by atoms with Crippen molar-refractivity contribution >= 4 is 11.8 Å². The highest BCUT2D eigenvalue weighted by atomic mass is 16.5. The topological polar surface area (TPSA) is 51.2 Å². The first-order valence-electron chi connectivity index (χ1n) is 5.85. The molecule has 1 aromatic rings. The van der Waals surface area contributed by atoms with Crippen LogP contribution in [0.5, 0.6) is 0 Å². The fraction of sp³-hybridized carbons (Fsp3) is 0.385. The molecule has 0 fully saturated rings. The molecule has 1 N–H and O–H groups in total. The summed E-state index contributed by atoms with van der Waals surface area (Å²) in [4.78, 5) is 15.9. The van der Waals surface area contributed by atoms with Gasteiger partial charge in [-0.2, -0.15) is 0 Å². The van der Waals surface area contributed by atoms with Gasteiger partial charge in [-0.1, -0.05) is 12.2 Å². The summed E-state index contributed by atoms with van der Waals surface area (Å²) in [5, 5.41) is 3.27. The van der Waals surface area contributed by atoms with Gasteiger partial charge in [0.1, 0.15) is 11.4 Å². The molecule has 0 aromatic carbocycles. The van der Waals surface area contributed by atoms with Crippen molar-refractivity contribution in [3.8, 4) is 0 Å². The molecular formula is C13H16N2O2. The van der Waals surface area contributed by atoms with E-state index in [1.54, 1.807) is 25.3 Å². The minimum atomic E-state index is -0.325. The minimum absolute atomic E-state index is 0.325. The maximum absolute atomic E-state index is 11.7. The van der Waals surface area contributed by atoms with Gasteiger partial charge in [0, 0.05) is 12.2 Å². The maximum Gasteiger partial charge on any atom is 0.341 e. The van der Waals surface area contributed by atoms with E-state index in [-0.39, 0.29) is 5.97 Å². The largest absolute Gasteiger partial charge is 0.462 e. The zero-order valence-electron chi connectivity index (χ0n) is 9.85. The number of pyridine rings is 1. The summed E-state index contributed by atoms with van der Waals surface area (Å²) in [6.07, 6.45) is 7.88. The zero-order chi connectivity index (χ0) is 12.1. The Morgan fingerprint density at radius 3 is 3.00 bits per heavy atom. The van der Waals surface area contributed by atoms with Gasteiger partial charge in [-0.15, -0.1) is 0 Å². The molecule has 0 saturated carbocycles. The van der Waals surface area contributed by atoms with Gasteiger partial charge in [0.05, 0.1) is 6.61 Å². The number of nitrogens with one attached hydrogen (secondary N) is 1. The molecular weight excluding hydrogens is 216 g/mol. The van der Waals surface area contributed by atoms with Crippen LogP contribution in [0.1, 0.15) is 30.1 Å². The smallest absolute Gasteiger partial charge is 0.341 e. The molecule has 0 atom stereocenters. The van der Waals surface area contributed by atoms with Crippen molar-refractivity contribution in [2.24, 2.45) is 0 Å². The highest BCUT2D eigenvalue weighted by Gasteiger charge is 2.17. The van der Waals surface area contributed by atoms with Gasteiger partial charge in [-0.25, -0.2) is 9.78 Å². The minimum Gasteiger partial charge on any atom is -0.462 e. The Kier molecular flexibility index (Phi) is 3.75. The van der Waals surface area contributed by atoms with Crippen LogP contribution in [0.15, 0.2) is 30.5 Å². The maximum atomic E-state index is 11.7. The fourth-order valence-corrected chi connectivity index (χ4v) is 1.82. The number of hydrogen-bond donors (Lipinski definition) is 1. The summed E-state index contributed by atoms with van der Waals surface area (Å²) < 4.78 is 5.00. The standard InChI is InChI=1S/C13H16N2O2/c1-2-17-13(16)11-8-5-9-14-12(11)15-10-6-3-4-7-10/h3-5,8-10H,2,6-7H2,1H3,(H,14,15). The van der Waals surface area contributed by atoms with Crippen LogP contribution in [0, 0.1) is 0 Å². The van der Waals surface area contributed by atoms with Crippen LogP contribution in [0.2, 0.25) is 0 Å². The predicted octanol–water partition coefficient (Wildman–Crippen LogP) is 2.39. The third-order valence-electron chi connectivity index (χ3n) is 2.65. The van der Waals surface area contributed by atoms with Crippen LogP contribution >= 0.6 is 0 Å². The molecule has 4 nitrogen and oxygen atoms in total. The van der Waals surface area contributed by atoms with Gasteiger partial charge in [0.15, 0.2) is 0 Å². The summed E-state index contributed by atoms with van der Waals surface area (Å²) in [5.41, 5.74) is 0.501. The first kappa shape index (κ1) is 11.6. The van der Waals surface area contributed by atoms with E-state index in [0.29, 0.717) is 24.0 Å². The Balaban J connectivity index is 2.12. The molecule has 4 heteroatoms. The SMILES string of the molecule is CCOC(=O)c1cccnc1NC1CC=CC1. The van der Waals surface area contributed by atoms with Crippen molar-refractivity contribution in [1.29, 1.82) is 0 Å². The van der Waals surface area contributed by atoms with Crippen molar-refractivity contribution in [3.63, 3.8) is 0 Å². The summed E-state index contributed by atoms with van der Waals surface area (Å²) in [6.45, 7) is 2.17. The number of nitrogens with zero attached hydrogens (tertiary/aromatic N) is 1. The number of esters is 1.